The number of fused-ring (bicyclic) bond motifs is 6. The number of benzene rings is 2. The molecular weight excluding hydrogens is 258 g/mol. The monoisotopic (exact) mass is 277 g/mol. The molecule has 0 radical (unpaired) electrons. The zero-order chi connectivity index (χ0) is 14.0. The second-order valence-electron chi connectivity index (χ2n) is 6.97. The van der Waals surface area contributed by atoms with Crippen molar-refractivity contribution < 1.29 is 4.79 Å². The molecule has 21 heavy (non-hydrogen) atoms. The van der Waals surface area contributed by atoms with Gasteiger partial charge in [-0.05, 0) is 48.5 Å². The molecule has 2 aromatic carbocycles. The molecule has 2 nitrogen and oxygen atoms in total. The lowest BCUT2D eigenvalue weighted by Crippen LogP contribution is -2.29. The topological polar surface area (TPSA) is 20.3 Å². The van der Waals surface area contributed by atoms with Gasteiger partial charge in [0.05, 0.1) is 5.69 Å². The average Bonchev–Trinajstić information content (AvgIpc) is 3.20. The number of hydrogen-bond acceptors (Lipinski definition) is 1. The van der Waals surface area contributed by atoms with Crippen LogP contribution in [0, 0.1) is 23.7 Å². The van der Waals surface area contributed by atoms with Crippen molar-refractivity contribution in [2.24, 2.45) is 23.7 Å². The van der Waals surface area contributed by atoms with E-state index in [1.807, 2.05) is 0 Å². The second-order valence-corrected chi connectivity index (χ2v) is 6.97. The van der Waals surface area contributed by atoms with E-state index in [-0.39, 0.29) is 0 Å². The van der Waals surface area contributed by atoms with Crippen molar-refractivity contribution in [1.82, 2.24) is 0 Å². The summed E-state index contributed by atoms with van der Waals surface area (Å²) in [5.74, 6) is 2.82. The van der Waals surface area contributed by atoms with Crippen molar-refractivity contribution in [2.45, 2.75) is 19.3 Å². The van der Waals surface area contributed by atoms with Gasteiger partial charge in [-0.3, -0.25) is 4.79 Å². The van der Waals surface area contributed by atoms with Gasteiger partial charge in [0.1, 0.15) is 0 Å². The molecule has 1 heterocycles. The number of amides is 1. The lowest BCUT2D eigenvalue weighted by molar-refractivity contribution is -0.122. The maximum absolute atomic E-state index is 12.9. The molecule has 0 aromatic heterocycles. The standard InChI is InChI=1S/C19H19NO/c21-19-18-14-9-8-13(10-14)16(18)11-20(19)17-7-3-5-12-4-1-2-6-15(12)17/h1-7,13-14,16,18H,8-11H2/t13-,14+,16-,18+/m0/s1. The highest BCUT2D eigenvalue weighted by Crippen LogP contribution is 2.56. The van der Waals surface area contributed by atoms with E-state index in [0.717, 1.165) is 18.2 Å². The molecule has 5 rings (SSSR count). The highest BCUT2D eigenvalue weighted by molar-refractivity contribution is 6.06. The van der Waals surface area contributed by atoms with Crippen molar-refractivity contribution in [1.29, 1.82) is 0 Å². The minimum atomic E-state index is 0.322. The van der Waals surface area contributed by atoms with E-state index >= 15 is 0 Å². The van der Waals surface area contributed by atoms with E-state index in [9.17, 15) is 4.79 Å². The van der Waals surface area contributed by atoms with Crippen LogP contribution in [0.3, 0.4) is 0 Å². The maximum atomic E-state index is 12.9. The Morgan fingerprint density at radius 2 is 1.76 bits per heavy atom. The molecule has 1 amide bonds. The molecular formula is C19H19NO. The van der Waals surface area contributed by atoms with Gasteiger partial charge in [0.15, 0.2) is 0 Å². The van der Waals surface area contributed by atoms with Gasteiger partial charge in [-0.2, -0.15) is 0 Å². The highest BCUT2D eigenvalue weighted by atomic mass is 16.2. The fraction of sp³-hybridized carbons (Fsp3) is 0.421. The lowest BCUT2D eigenvalue weighted by Gasteiger charge is -2.20. The molecule has 2 aliphatic carbocycles. The minimum Gasteiger partial charge on any atom is -0.311 e. The molecule has 1 aliphatic heterocycles. The van der Waals surface area contributed by atoms with Gasteiger partial charge >= 0.3 is 0 Å². The summed E-state index contributed by atoms with van der Waals surface area (Å²) in [4.78, 5) is 15.0. The van der Waals surface area contributed by atoms with Crippen LogP contribution in [0.1, 0.15) is 19.3 Å². The lowest BCUT2D eigenvalue weighted by atomic mass is 9.81. The molecule has 2 bridgehead atoms. The summed E-state index contributed by atoms with van der Waals surface area (Å²) in [6.45, 7) is 0.943. The molecule has 3 aliphatic rings. The zero-order valence-electron chi connectivity index (χ0n) is 12.0. The molecule has 4 atom stereocenters. The van der Waals surface area contributed by atoms with Gasteiger partial charge in [0.25, 0.3) is 0 Å². The Morgan fingerprint density at radius 3 is 2.67 bits per heavy atom. The molecule has 2 heteroatoms. The van der Waals surface area contributed by atoms with Crippen LogP contribution in [0.4, 0.5) is 5.69 Å². The van der Waals surface area contributed by atoms with Crippen molar-refractivity contribution in [3.63, 3.8) is 0 Å². The minimum absolute atomic E-state index is 0.322. The van der Waals surface area contributed by atoms with Crippen LogP contribution in [0.5, 0.6) is 0 Å². The van der Waals surface area contributed by atoms with E-state index < -0.39 is 0 Å². The van der Waals surface area contributed by atoms with Crippen LogP contribution in [-0.2, 0) is 4.79 Å². The molecule has 0 N–H and O–H groups in total. The number of hydrogen-bond donors (Lipinski definition) is 0. The zero-order valence-corrected chi connectivity index (χ0v) is 12.0. The van der Waals surface area contributed by atoms with Gasteiger partial charge in [0, 0.05) is 17.8 Å². The highest BCUT2D eigenvalue weighted by Gasteiger charge is 2.56. The second kappa shape index (κ2) is 4.09. The first-order valence-electron chi connectivity index (χ1n) is 8.12. The largest absolute Gasteiger partial charge is 0.311 e. The van der Waals surface area contributed by atoms with Gasteiger partial charge in [-0.15, -0.1) is 0 Å². The Morgan fingerprint density at radius 1 is 0.952 bits per heavy atom. The number of anilines is 1. The van der Waals surface area contributed by atoms with Gasteiger partial charge < -0.3 is 4.90 Å². The third kappa shape index (κ3) is 1.51. The summed E-state index contributed by atoms with van der Waals surface area (Å²) in [5.41, 5.74) is 1.12. The molecule has 0 spiro atoms. The van der Waals surface area contributed by atoms with Crippen LogP contribution in [0.25, 0.3) is 10.8 Å². The first kappa shape index (κ1) is 11.8. The molecule has 1 saturated heterocycles. The average molecular weight is 277 g/mol. The fourth-order valence-corrected chi connectivity index (χ4v) is 5.20. The molecule has 2 aromatic rings. The van der Waals surface area contributed by atoms with E-state index in [2.05, 4.69) is 47.4 Å². The normalized spacial score (nSPS) is 33.9. The number of carbonyl (C=O) groups is 1. The van der Waals surface area contributed by atoms with Crippen LogP contribution in [0.15, 0.2) is 42.5 Å². The Hall–Kier alpha value is -1.83. The van der Waals surface area contributed by atoms with E-state index in [1.54, 1.807) is 0 Å². The van der Waals surface area contributed by atoms with Crippen LogP contribution >= 0.6 is 0 Å². The van der Waals surface area contributed by atoms with Gasteiger partial charge in [-0.25, -0.2) is 0 Å². The molecule has 106 valence electrons. The van der Waals surface area contributed by atoms with Crippen molar-refractivity contribution in [3.05, 3.63) is 42.5 Å². The summed E-state index contributed by atoms with van der Waals surface area (Å²) in [6.07, 6.45) is 3.94. The summed E-state index contributed by atoms with van der Waals surface area (Å²) in [6, 6.07) is 14.7. The van der Waals surface area contributed by atoms with E-state index in [4.69, 9.17) is 0 Å². The van der Waals surface area contributed by atoms with Crippen molar-refractivity contribution in [2.75, 3.05) is 11.4 Å². The smallest absolute Gasteiger partial charge is 0.230 e. The first-order chi connectivity index (χ1) is 10.3. The SMILES string of the molecule is O=C1[C@@H]2[C@@H]3CC[C@@H](C3)[C@@H]2CN1c1cccc2ccccc12. The first-order valence-corrected chi connectivity index (χ1v) is 8.12. The molecule has 3 fully saturated rings. The summed E-state index contributed by atoms with van der Waals surface area (Å²) < 4.78 is 0. The van der Waals surface area contributed by atoms with Crippen molar-refractivity contribution >= 4 is 22.4 Å². The Labute approximate surface area is 124 Å². The number of nitrogens with zero attached hydrogens (tertiary/aromatic N) is 1. The van der Waals surface area contributed by atoms with Gasteiger partial charge in [0.2, 0.25) is 5.91 Å². The summed E-state index contributed by atoms with van der Waals surface area (Å²) >= 11 is 0. The Balaban J connectivity index is 1.60. The van der Waals surface area contributed by atoms with Crippen LogP contribution < -0.4 is 4.90 Å². The fourth-order valence-electron chi connectivity index (χ4n) is 5.20. The number of rotatable bonds is 1. The quantitative estimate of drug-likeness (QED) is 0.775. The van der Waals surface area contributed by atoms with Gasteiger partial charge in [-0.1, -0.05) is 36.4 Å². The summed E-state index contributed by atoms with van der Waals surface area (Å²) in [7, 11) is 0. The third-order valence-corrected chi connectivity index (χ3v) is 6.09. The summed E-state index contributed by atoms with van der Waals surface area (Å²) in [5, 5.41) is 2.43. The number of carbonyl (C=O) groups excluding carboxylic acids is 1. The molecule has 2 saturated carbocycles. The van der Waals surface area contributed by atoms with E-state index in [0.29, 0.717) is 23.7 Å². The molecule has 0 unspecified atom stereocenters. The maximum Gasteiger partial charge on any atom is 0.230 e. The predicted molar refractivity (Wildman–Crippen MR) is 84.1 cm³/mol. The predicted octanol–water partition coefficient (Wildman–Crippen LogP) is 3.85. The van der Waals surface area contributed by atoms with Crippen LogP contribution in [0.2, 0.25) is 0 Å². The Bertz CT molecular complexity index is 732. The van der Waals surface area contributed by atoms with Crippen LogP contribution in [-0.4, -0.2) is 12.5 Å². The van der Waals surface area contributed by atoms with E-state index in [1.165, 1.54) is 30.0 Å². The third-order valence-electron chi connectivity index (χ3n) is 6.09. The Kier molecular flexibility index (Phi) is 2.30. The van der Waals surface area contributed by atoms with Crippen molar-refractivity contribution in [3.8, 4) is 0 Å².